The van der Waals surface area contributed by atoms with Crippen LogP contribution in [0, 0.1) is 17.6 Å². The fraction of sp³-hybridized carbons (Fsp3) is 0.462. The predicted octanol–water partition coefficient (Wildman–Crippen LogP) is 3.53. The van der Waals surface area contributed by atoms with E-state index < -0.39 is 11.6 Å². The van der Waals surface area contributed by atoms with Crippen molar-refractivity contribution in [3.8, 4) is 0 Å². The normalized spacial score (nSPS) is 16.8. The highest BCUT2D eigenvalue weighted by Gasteiger charge is 2.13. The van der Waals surface area contributed by atoms with Crippen molar-refractivity contribution in [1.82, 2.24) is 0 Å². The van der Waals surface area contributed by atoms with E-state index in [1.54, 1.807) is 0 Å². The first-order valence-electron chi connectivity index (χ1n) is 5.78. The van der Waals surface area contributed by atoms with Gasteiger partial charge in [-0.2, -0.15) is 0 Å². The summed E-state index contributed by atoms with van der Waals surface area (Å²) in [5, 5.41) is 3.68. The summed E-state index contributed by atoms with van der Waals surface area (Å²) in [5.41, 5.74) is 0.168. The molecule has 1 saturated carbocycles. The van der Waals surface area contributed by atoms with Crippen LogP contribution in [0.3, 0.4) is 0 Å². The van der Waals surface area contributed by atoms with E-state index in [0.717, 1.165) is 18.9 Å². The lowest BCUT2D eigenvalue weighted by molar-refractivity contribution is 0.127. The summed E-state index contributed by atoms with van der Waals surface area (Å²) in [4.78, 5) is 4.92. The molecule has 0 aromatic heterocycles. The highest BCUT2D eigenvalue weighted by molar-refractivity contribution is 5.60. The van der Waals surface area contributed by atoms with E-state index in [1.807, 2.05) is 0 Å². The molecule has 0 atom stereocenters. The fourth-order valence-corrected chi connectivity index (χ4v) is 1.93. The zero-order chi connectivity index (χ0) is 12.1. The van der Waals surface area contributed by atoms with Gasteiger partial charge in [-0.3, -0.25) is 0 Å². The van der Waals surface area contributed by atoms with Gasteiger partial charge in [0.1, 0.15) is 12.8 Å². The molecule has 0 unspecified atom stereocenters. The Labute approximate surface area is 99.3 Å². The van der Waals surface area contributed by atoms with Crippen molar-refractivity contribution in [3.63, 3.8) is 0 Å². The Kier molecular flexibility index (Phi) is 4.07. The smallest absolute Gasteiger partial charge is 0.165 e. The Balaban J connectivity index is 1.83. The summed E-state index contributed by atoms with van der Waals surface area (Å²) in [7, 11) is 0. The minimum Gasteiger partial charge on any atom is -0.391 e. The maximum absolute atomic E-state index is 13.2. The molecular formula is C13H14F2NO. The maximum atomic E-state index is 13.2. The van der Waals surface area contributed by atoms with E-state index in [4.69, 9.17) is 4.84 Å². The molecule has 0 spiro atoms. The minimum atomic E-state index is -0.872. The molecule has 2 nitrogen and oxygen atoms in total. The Morgan fingerprint density at radius 2 is 2.06 bits per heavy atom. The van der Waals surface area contributed by atoms with Crippen LogP contribution in [-0.2, 0) is 11.4 Å². The average molecular weight is 238 g/mol. The molecule has 1 aliphatic rings. The van der Waals surface area contributed by atoms with Crippen LogP contribution in [0.4, 0.5) is 8.78 Å². The van der Waals surface area contributed by atoms with Gasteiger partial charge in [0, 0.05) is 11.5 Å². The zero-order valence-corrected chi connectivity index (χ0v) is 9.46. The number of nitrogens with zero attached hydrogens (tertiary/aromatic N) is 1. The van der Waals surface area contributed by atoms with Crippen molar-refractivity contribution in [1.29, 1.82) is 0 Å². The van der Waals surface area contributed by atoms with Gasteiger partial charge in [0.25, 0.3) is 0 Å². The summed E-state index contributed by atoms with van der Waals surface area (Å²) < 4.78 is 26.1. The number of halogens is 2. The van der Waals surface area contributed by atoms with E-state index in [-0.39, 0.29) is 12.2 Å². The summed E-state index contributed by atoms with van der Waals surface area (Å²) >= 11 is 0. The van der Waals surface area contributed by atoms with Crippen molar-refractivity contribution in [2.24, 2.45) is 11.1 Å². The first-order valence-corrected chi connectivity index (χ1v) is 5.78. The molecule has 1 fully saturated rings. The Morgan fingerprint density at radius 3 is 2.82 bits per heavy atom. The molecule has 1 aliphatic carbocycles. The molecule has 4 heteroatoms. The Bertz CT molecular complexity index is 400. The van der Waals surface area contributed by atoms with E-state index in [1.165, 1.54) is 25.0 Å². The van der Waals surface area contributed by atoms with Crippen molar-refractivity contribution >= 4 is 6.21 Å². The summed E-state index contributed by atoms with van der Waals surface area (Å²) in [6.07, 6.45) is 7.44. The third kappa shape index (κ3) is 3.25. The van der Waals surface area contributed by atoms with Gasteiger partial charge in [-0.25, -0.2) is 8.78 Å². The van der Waals surface area contributed by atoms with Crippen LogP contribution >= 0.6 is 0 Å². The minimum absolute atomic E-state index is 0.0662. The molecule has 0 N–H and O–H groups in total. The summed E-state index contributed by atoms with van der Waals surface area (Å²) in [5.74, 6) is -1.38. The largest absolute Gasteiger partial charge is 0.391 e. The molecule has 1 aromatic rings. The van der Waals surface area contributed by atoms with Crippen LogP contribution in [0.2, 0.25) is 0 Å². The van der Waals surface area contributed by atoms with Crippen LogP contribution < -0.4 is 0 Å². The highest BCUT2D eigenvalue weighted by Crippen LogP contribution is 2.22. The molecule has 91 valence electrons. The lowest BCUT2D eigenvalue weighted by Crippen LogP contribution is -1.97. The number of hydrogen-bond donors (Lipinski definition) is 0. The van der Waals surface area contributed by atoms with Crippen molar-refractivity contribution < 1.29 is 13.6 Å². The summed E-state index contributed by atoms with van der Waals surface area (Å²) in [6, 6.07) is 4.00. The fourth-order valence-electron chi connectivity index (χ4n) is 1.93. The van der Waals surface area contributed by atoms with Gasteiger partial charge in [0.05, 0.1) is 0 Å². The Morgan fingerprint density at radius 1 is 1.29 bits per heavy atom. The van der Waals surface area contributed by atoms with E-state index >= 15 is 0 Å². The standard InChI is InChI=1S/C13H14F2NO/c14-12-7-3-6-11(13(12)15)9-17-16-8-10-4-1-2-5-10/h3,6-7,10H,1-2,4-5,9H2. The molecule has 2 rings (SSSR count). The molecule has 1 aromatic carbocycles. The topological polar surface area (TPSA) is 21.6 Å². The van der Waals surface area contributed by atoms with Crippen LogP contribution in [0.15, 0.2) is 23.4 Å². The van der Waals surface area contributed by atoms with Crippen molar-refractivity contribution in [2.75, 3.05) is 0 Å². The van der Waals surface area contributed by atoms with Gasteiger partial charge in [-0.1, -0.05) is 30.1 Å². The van der Waals surface area contributed by atoms with Gasteiger partial charge >= 0.3 is 0 Å². The van der Waals surface area contributed by atoms with Crippen LogP contribution in [0.25, 0.3) is 0 Å². The first-order chi connectivity index (χ1) is 8.27. The van der Waals surface area contributed by atoms with E-state index in [9.17, 15) is 8.78 Å². The monoisotopic (exact) mass is 238 g/mol. The van der Waals surface area contributed by atoms with Crippen molar-refractivity contribution in [3.05, 3.63) is 35.4 Å². The molecule has 0 aliphatic heterocycles. The van der Waals surface area contributed by atoms with Crippen molar-refractivity contribution in [2.45, 2.75) is 32.3 Å². The first kappa shape index (κ1) is 12.0. The Hall–Kier alpha value is -1.45. The zero-order valence-electron chi connectivity index (χ0n) is 9.46. The lowest BCUT2D eigenvalue weighted by atomic mass is 10.1. The quantitative estimate of drug-likeness (QED) is 0.580. The van der Waals surface area contributed by atoms with Gasteiger partial charge in [0.15, 0.2) is 11.6 Å². The third-order valence-electron chi connectivity index (χ3n) is 2.91. The molecule has 0 amide bonds. The molecule has 0 bridgehead atoms. The van der Waals surface area contributed by atoms with Crippen LogP contribution in [-0.4, -0.2) is 6.21 Å². The second kappa shape index (κ2) is 5.75. The predicted molar refractivity (Wildman–Crippen MR) is 60.5 cm³/mol. The number of rotatable bonds is 4. The van der Waals surface area contributed by atoms with Gasteiger partial charge in [-0.15, -0.1) is 0 Å². The van der Waals surface area contributed by atoms with Gasteiger partial charge < -0.3 is 4.84 Å². The van der Waals surface area contributed by atoms with E-state index in [2.05, 4.69) is 11.4 Å². The van der Waals surface area contributed by atoms with Crippen LogP contribution in [0.1, 0.15) is 31.2 Å². The molecule has 0 saturated heterocycles. The number of benzene rings is 1. The second-order valence-electron chi connectivity index (χ2n) is 4.19. The molecule has 17 heavy (non-hydrogen) atoms. The highest BCUT2D eigenvalue weighted by atomic mass is 19.2. The number of hydrogen-bond acceptors (Lipinski definition) is 2. The molecule has 1 radical (unpaired) electrons. The SMILES string of the molecule is Fc1cccc(CO/N=[C]\C2CCCC2)c1F. The molecular weight excluding hydrogens is 224 g/mol. The third-order valence-corrected chi connectivity index (χ3v) is 2.91. The molecule has 0 heterocycles. The van der Waals surface area contributed by atoms with Crippen LogP contribution in [0.5, 0.6) is 0 Å². The van der Waals surface area contributed by atoms with Gasteiger partial charge in [-0.05, 0) is 18.9 Å². The summed E-state index contributed by atoms with van der Waals surface area (Å²) in [6.45, 7) is -0.0662. The second-order valence-corrected chi connectivity index (χ2v) is 4.19. The van der Waals surface area contributed by atoms with Gasteiger partial charge in [0.2, 0.25) is 0 Å². The average Bonchev–Trinajstić information content (AvgIpc) is 2.83. The van der Waals surface area contributed by atoms with E-state index in [0.29, 0.717) is 5.92 Å². The maximum Gasteiger partial charge on any atom is 0.165 e. The lowest BCUT2D eigenvalue weighted by Gasteiger charge is -2.03.